The van der Waals surface area contributed by atoms with Gasteiger partial charge in [-0.2, -0.15) is 0 Å². The van der Waals surface area contributed by atoms with Crippen molar-refractivity contribution in [3.63, 3.8) is 0 Å². The summed E-state index contributed by atoms with van der Waals surface area (Å²) in [5, 5.41) is 4.76. The Balaban J connectivity index is 1.94. The fraction of sp³-hybridized carbons (Fsp3) is 0.438. The van der Waals surface area contributed by atoms with Crippen LogP contribution in [0.15, 0.2) is 18.2 Å². The van der Waals surface area contributed by atoms with Crippen molar-refractivity contribution in [2.45, 2.75) is 45.2 Å². The first kappa shape index (κ1) is 14.9. The standard InChI is InChI=1S/C16H18ClFN2S/c1-9(2)15-14(8-19-11-4-5-11)21-16(20-15)12-7-10(17)3-6-13(12)18/h3,6-7,9,11,19H,4-5,8H2,1-2H3. The van der Waals surface area contributed by atoms with Gasteiger partial charge in [0.2, 0.25) is 0 Å². The number of hydrogen-bond acceptors (Lipinski definition) is 3. The van der Waals surface area contributed by atoms with E-state index in [9.17, 15) is 4.39 Å². The minimum atomic E-state index is -0.273. The third kappa shape index (κ3) is 3.44. The van der Waals surface area contributed by atoms with Crippen LogP contribution in [-0.4, -0.2) is 11.0 Å². The molecule has 1 N–H and O–H groups in total. The average Bonchev–Trinajstić information content (AvgIpc) is 3.17. The van der Waals surface area contributed by atoms with Gasteiger partial charge in [-0.1, -0.05) is 25.4 Å². The second-order valence-corrected chi connectivity index (χ2v) is 7.28. The molecule has 0 atom stereocenters. The van der Waals surface area contributed by atoms with Crippen molar-refractivity contribution in [3.8, 4) is 10.6 Å². The minimum absolute atomic E-state index is 0.273. The van der Waals surface area contributed by atoms with Crippen LogP contribution in [0.3, 0.4) is 0 Å². The van der Waals surface area contributed by atoms with Gasteiger partial charge in [-0.15, -0.1) is 11.3 Å². The first-order valence-corrected chi connectivity index (χ1v) is 8.42. The van der Waals surface area contributed by atoms with E-state index in [0.29, 0.717) is 27.6 Å². The quantitative estimate of drug-likeness (QED) is 0.839. The molecule has 1 aromatic carbocycles. The van der Waals surface area contributed by atoms with Gasteiger partial charge in [0.1, 0.15) is 10.8 Å². The molecule has 2 nitrogen and oxygen atoms in total. The van der Waals surface area contributed by atoms with E-state index in [-0.39, 0.29) is 5.82 Å². The lowest BCUT2D eigenvalue weighted by Crippen LogP contribution is -2.15. The maximum Gasteiger partial charge on any atom is 0.133 e. The molecule has 3 rings (SSSR count). The van der Waals surface area contributed by atoms with Gasteiger partial charge in [-0.25, -0.2) is 9.37 Å². The molecule has 21 heavy (non-hydrogen) atoms. The van der Waals surface area contributed by atoms with Gasteiger partial charge in [0.15, 0.2) is 0 Å². The zero-order valence-electron chi connectivity index (χ0n) is 12.1. The molecule has 1 aliphatic rings. The zero-order valence-corrected chi connectivity index (χ0v) is 13.7. The van der Waals surface area contributed by atoms with Crippen molar-refractivity contribution < 1.29 is 4.39 Å². The van der Waals surface area contributed by atoms with E-state index < -0.39 is 0 Å². The summed E-state index contributed by atoms with van der Waals surface area (Å²) in [6, 6.07) is 5.26. The Morgan fingerprint density at radius 1 is 1.43 bits per heavy atom. The van der Waals surface area contributed by atoms with E-state index >= 15 is 0 Å². The monoisotopic (exact) mass is 324 g/mol. The van der Waals surface area contributed by atoms with Crippen molar-refractivity contribution in [2.75, 3.05) is 0 Å². The summed E-state index contributed by atoms with van der Waals surface area (Å²) < 4.78 is 14.0. The Hall–Kier alpha value is -0.970. The van der Waals surface area contributed by atoms with E-state index in [0.717, 1.165) is 12.2 Å². The lowest BCUT2D eigenvalue weighted by Gasteiger charge is -2.05. The second kappa shape index (κ2) is 6.03. The highest BCUT2D eigenvalue weighted by atomic mass is 35.5. The van der Waals surface area contributed by atoms with Crippen LogP contribution in [0.5, 0.6) is 0 Å². The highest BCUT2D eigenvalue weighted by molar-refractivity contribution is 7.15. The van der Waals surface area contributed by atoms with Gasteiger partial charge in [-0.05, 0) is 37.0 Å². The molecule has 1 heterocycles. The van der Waals surface area contributed by atoms with E-state index in [2.05, 4.69) is 24.1 Å². The molecule has 112 valence electrons. The summed E-state index contributed by atoms with van der Waals surface area (Å²) in [5.41, 5.74) is 1.55. The Labute approximate surface area is 133 Å². The smallest absolute Gasteiger partial charge is 0.133 e. The molecule has 5 heteroatoms. The van der Waals surface area contributed by atoms with Crippen LogP contribution < -0.4 is 5.32 Å². The Morgan fingerprint density at radius 3 is 2.86 bits per heavy atom. The van der Waals surface area contributed by atoms with Crippen molar-refractivity contribution in [1.82, 2.24) is 10.3 Å². The predicted octanol–water partition coefficient (Wildman–Crippen LogP) is 4.98. The highest BCUT2D eigenvalue weighted by Crippen LogP contribution is 2.34. The number of benzene rings is 1. The highest BCUT2D eigenvalue weighted by Gasteiger charge is 2.23. The molecule has 0 bridgehead atoms. The number of rotatable bonds is 5. The number of nitrogens with one attached hydrogen (secondary N) is 1. The number of aromatic nitrogens is 1. The van der Waals surface area contributed by atoms with Gasteiger partial charge >= 0.3 is 0 Å². The molecule has 1 saturated carbocycles. The van der Waals surface area contributed by atoms with Crippen molar-refractivity contribution in [1.29, 1.82) is 0 Å². The topological polar surface area (TPSA) is 24.9 Å². The van der Waals surface area contributed by atoms with Crippen molar-refractivity contribution >= 4 is 22.9 Å². The summed E-state index contributed by atoms with van der Waals surface area (Å²) in [6.45, 7) is 5.06. The van der Waals surface area contributed by atoms with Gasteiger partial charge < -0.3 is 5.32 Å². The van der Waals surface area contributed by atoms with Crippen molar-refractivity contribution in [3.05, 3.63) is 39.6 Å². The number of nitrogens with zero attached hydrogens (tertiary/aromatic N) is 1. The number of thiazole rings is 1. The molecular weight excluding hydrogens is 307 g/mol. The molecule has 1 fully saturated rings. The summed E-state index contributed by atoms with van der Waals surface area (Å²) in [6.07, 6.45) is 2.51. The normalized spacial score (nSPS) is 14.9. The third-order valence-electron chi connectivity index (χ3n) is 3.56. The fourth-order valence-electron chi connectivity index (χ4n) is 2.24. The maximum absolute atomic E-state index is 14.0. The molecule has 0 unspecified atom stereocenters. The van der Waals surface area contributed by atoms with Gasteiger partial charge in [0.25, 0.3) is 0 Å². The number of hydrogen-bond donors (Lipinski definition) is 1. The van der Waals surface area contributed by atoms with Crippen LogP contribution in [0.4, 0.5) is 4.39 Å². The largest absolute Gasteiger partial charge is 0.309 e. The molecule has 0 radical (unpaired) electrons. The molecular formula is C16H18ClFN2S. The summed E-state index contributed by atoms with van der Waals surface area (Å²) >= 11 is 7.55. The first-order chi connectivity index (χ1) is 10.0. The van der Waals surface area contributed by atoms with Crippen molar-refractivity contribution in [2.24, 2.45) is 0 Å². The van der Waals surface area contributed by atoms with E-state index in [1.165, 1.54) is 23.8 Å². The molecule has 0 spiro atoms. The van der Waals surface area contributed by atoms with Gasteiger partial charge in [0, 0.05) is 28.0 Å². The average molecular weight is 325 g/mol. The molecule has 0 saturated heterocycles. The maximum atomic E-state index is 14.0. The van der Waals surface area contributed by atoms with Crippen LogP contribution in [0.25, 0.3) is 10.6 Å². The lowest BCUT2D eigenvalue weighted by molar-refractivity contribution is 0.631. The Bertz CT molecular complexity index is 650. The lowest BCUT2D eigenvalue weighted by atomic mass is 10.1. The van der Waals surface area contributed by atoms with E-state index in [1.54, 1.807) is 23.5 Å². The van der Waals surface area contributed by atoms with Crippen LogP contribution in [0.1, 0.15) is 43.2 Å². The van der Waals surface area contributed by atoms with E-state index in [4.69, 9.17) is 11.6 Å². The third-order valence-corrected chi connectivity index (χ3v) is 4.90. The van der Waals surface area contributed by atoms with Crippen LogP contribution >= 0.6 is 22.9 Å². The first-order valence-electron chi connectivity index (χ1n) is 7.23. The minimum Gasteiger partial charge on any atom is -0.309 e. The van der Waals surface area contributed by atoms with Gasteiger partial charge in [-0.3, -0.25) is 0 Å². The van der Waals surface area contributed by atoms with E-state index in [1.807, 2.05) is 0 Å². The Morgan fingerprint density at radius 2 is 2.19 bits per heavy atom. The summed E-state index contributed by atoms with van der Waals surface area (Å²) in [7, 11) is 0. The van der Waals surface area contributed by atoms with Crippen LogP contribution in [0.2, 0.25) is 5.02 Å². The van der Waals surface area contributed by atoms with Crippen LogP contribution in [0, 0.1) is 5.82 Å². The summed E-state index contributed by atoms with van der Waals surface area (Å²) in [5.74, 6) is 0.0541. The molecule has 1 aliphatic carbocycles. The van der Waals surface area contributed by atoms with Crippen LogP contribution in [-0.2, 0) is 6.54 Å². The predicted molar refractivity (Wildman–Crippen MR) is 86.5 cm³/mol. The molecule has 2 aromatic rings. The van der Waals surface area contributed by atoms with Gasteiger partial charge in [0.05, 0.1) is 5.69 Å². The number of halogens is 2. The molecule has 0 amide bonds. The zero-order chi connectivity index (χ0) is 15.0. The second-order valence-electron chi connectivity index (χ2n) is 5.76. The SMILES string of the molecule is CC(C)c1nc(-c2cc(Cl)ccc2F)sc1CNC1CC1. The Kier molecular flexibility index (Phi) is 4.29. The fourth-order valence-corrected chi connectivity index (χ4v) is 3.60. The molecule has 0 aliphatic heterocycles. The molecule has 1 aromatic heterocycles. The summed E-state index contributed by atoms with van der Waals surface area (Å²) in [4.78, 5) is 5.86.